The Labute approximate surface area is 202 Å². The molecule has 1 aliphatic heterocycles. The van der Waals surface area contributed by atoms with Crippen LogP contribution >= 0.6 is 12.4 Å². The van der Waals surface area contributed by atoms with Crippen molar-refractivity contribution in [3.63, 3.8) is 0 Å². The second-order valence-electron chi connectivity index (χ2n) is 9.17. The lowest BCUT2D eigenvalue weighted by atomic mass is 9.84. The zero-order valence-corrected chi connectivity index (χ0v) is 21.0. The number of rotatable bonds is 9. The summed E-state index contributed by atoms with van der Waals surface area (Å²) in [6, 6.07) is 5.66. The van der Waals surface area contributed by atoms with Gasteiger partial charge in [-0.15, -0.1) is 12.4 Å². The van der Waals surface area contributed by atoms with Crippen LogP contribution in [0.2, 0.25) is 0 Å². The molecule has 0 spiro atoms. The van der Waals surface area contributed by atoms with Gasteiger partial charge < -0.3 is 4.90 Å². The van der Waals surface area contributed by atoms with Crippen LogP contribution in [0.25, 0.3) is 0 Å². The number of benzene rings is 1. The fraction of sp³-hybridized carbons (Fsp3) is 0.739. The van der Waals surface area contributed by atoms with E-state index in [1.807, 2.05) is 11.8 Å². The van der Waals surface area contributed by atoms with Crippen LogP contribution < -0.4 is 9.62 Å². The maximum Gasteiger partial charge on any atom is 0.416 e. The minimum absolute atomic E-state index is 0. The summed E-state index contributed by atoms with van der Waals surface area (Å²) in [5.74, 6) is 0.837. The van der Waals surface area contributed by atoms with Gasteiger partial charge in [0, 0.05) is 37.9 Å². The molecule has 0 unspecified atom stereocenters. The molecule has 2 fully saturated rings. The Morgan fingerprint density at radius 2 is 1.73 bits per heavy atom. The number of alkyl halides is 3. The molecule has 0 radical (unpaired) electrons. The first-order chi connectivity index (χ1) is 15.2. The average molecular weight is 512 g/mol. The Morgan fingerprint density at radius 3 is 2.33 bits per heavy atom. The number of unbranched alkanes of at least 4 members (excludes halogenated alkanes) is 1. The van der Waals surface area contributed by atoms with Crippen LogP contribution in [0.1, 0.15) is 57.4 Å². The van der Waals surface area contributed by atoms with Crippen LogP contribution in [0.15, 0.2) is 24.3 Å². The number of sulfonamides is 1. The number of nitrogens with zero attached hydrogens (tertiary/aromatic N) is 2. The van der Waals surface area contributed by atoms with Crippen molar-refractivity contribution in [2.24, 2.45) is 5.92 Å². The topological polar surface area (TPSA) is 52.7 Å². The highest BCUT2D eigenvalue weighted by Gasteiger charge is 2.31. The molecule has 0 bridgehead atoms. The Hall–Kier alpha value is -1.03. The highest BCUT2D eigenvalue weighted by atomic mass is 35.5. The molecule has 1 aromatic rings. The van der Waals surface area contributed by atoms with Crippen LogP contribution in [0.3, 0.4) is 0 Å². The van der Waals surface area contributed by atoms with E-state index < -0.39 is 21.8 Å². The third-order valence-electron chi connectivity index (χ3n) is 6.72. The molecule has 2 aliphatic rings. The van der Waals surface area contributed by atoms with Crippen molar-refractivity contribution < 1.29 is 21.6 Å². The van der Waals surface area contributed by atoms with Crippen molar-refractivity contribution in [3.05, 3.63) is 29.8 Å². The highest BCUT2D eigenvalue weighted by Crippen LogP contribution is 2.32. The lowest BCUT2D eigenvalue weighted by Gasteiger charge is -2.37. The zero-order chi connectivity index (χ0) is 23.2. The number of hydrogen-bond donors (Lipinski definition) is 1. The van der Waals surface area contributed by atoms with Crippen molar-refractivity contribution in [2.75, 3.05) is 43.4 Å². The van der Waals surface area contributed by atoms with Crippen molar-refractivity contribution in [3.8, 4) is 0 Å². The molecule has 1 N–H and O–H groups in total. The fourth-order valence-electron chi connectivity index (χ4n) is 4.69. The molecule has 1 aromatic carbocycles. The molecule has 1 aliphatic carbocycles. The second-order valence-corrected chi connectivity index (χ2v) is 11.0. The normalized spacial score (nSPS) is 22.7. The monoisotopic (exact) mass is 511 g/mol. The Bertz CT molecular complexity index is 822. The average Bonchev–Trinajstić information content (AvgIpc) is 2.77. The van der Waals surface area contributed by atoms with E-state index in [9.17, 15) is 21.6 Å². The fourth-order valence-corrected chi connectivity index (χ4v) is 6.22. The Balaban J connectivity index is 0.00000385. The van der Waals surface area contributed by atoms with Crippen molar-refractivity contribution in [1.82, 2.24) is 9.62 Å². The van der Waals surface area contributed by atoms with E-state index in [0.29, 0.717) is 18.0 Å². The van der Waals surface area contributed by atoms with Gasteiger partial charge in [0.25, 0.3) is 0 Å². The first-order valence-corrected chi connectivity index (χ1v) is 13.5. The van der Waals surface area contributed by atoms with E-state index >= 15 is 0 Å². The smallest absolute Gasteiger partial charge is 0.369 e. The van der Waals surface area contributed by atoms with Gasteiger partial charge in [-0.3, -0.25) is 4.90 Å². The standard InChI is InChI=1S/C23H36F3N3O2S.ClH/c1-2-3-17-32(30,31)27-21-9-7-19(8-10-21)11-12-28-13-15-29(16-14-28)22-6-4-5-20(18-22)23(24,25)26;/h4-6,18-19,21,27H,2-3,7-17H2,1H3;1H. The van der Waals surface area contributed by atoms with E-state index in [-0.39, 0.29) is 24.2 Å². The predicted octanol–water partition coefficient (Wildman–Crippen LogP) is 4.92. The van der Waals surface area contributed by atoms with Crippen molar-refractivity contribution in [2.45, 2.75) is 64.1 Å². The first kappa shape index (κ1) is 28.2. The van der Waals surface area contributed by atoms with Gasteiger partial charge in [-0.05, 0) is 69.2 Å². The SMILES string of the molecule is CCCCS(=O)(=O)NC1CCC(CCN2CCN(c3cccc(C(F)(F)F)c3)CC2)CC1.Cl. The van der Waals surface area contributed by atoms with Crippen LogP contribution in [-0.2, 0) is 16.2 Å². The molecule has 5 nitrogen and oxygen atoms in total. The summed E-state index contributed by atoms with van der Waals surface area (Å²) in [4.78, 5) is 4.42. The largest absolute Gasteiger partial charge is 0.416 e. The molecule has 10 heteroatoms. The highest BCUT2D eigenvalue weighted by molar-refractivity contribution is 7.89. The molecule has 1 saturated carbocycles. The van der Waals surface area contributed by atoms with Crippen LogP contribution in [-0.4, -0.2) is 57.8 Å². The number of hydrogen-bond acceptors (Lipinski definition) is 4. The van der Waals surface area contributed by atoms with Gasteiger partial charge in [-0.2, -0.15) is 13.2 Å². The van der Waals surface area contributed by atoms with E-state index in [0.717, 1.165) is 77.3 Å². The molecule has 1 saturated heterocycles. The minimum Gasteiger partial charge on any atom is -0.369 e. The Morgan fingerprint density at radius 1 is 1.06 bits per heavy atom. The molecule has 0 atom stereocenters. The van der Waals surface area contributed by atoms with Gasteiger partial charge >= 0.3 is 6.18 Å². The lowest BCUT2D eigenvalue weighted by molar-refractivity contribution is -0.137. The first-order valence-electron chi connectivity index (χ1n) is 11.8. The molecule has 33 heavy (non-hydrogen) atoms. The summed E-state index contributed by atoms with van der Waals surface area (Å²) in [5, 5.41) is 0. The van der Waals surface area contributed by atoms with Gasteiger partial charge in [-0.1, -0.05) is 19.4 Å². The van der Waals surface area contributed by atoms with E-state index in [2.05, 4.69) is 9.62 Å². The molecular weight excluding hydrogens is 475 g/mol. The molecular formula is C23H37ClF3N3O2S. The maximum absolute atomic E-state index is 13.0. The van der Waals surface area contributed by atoms with E-state index in [1.165, 1.54) is 12.1 Å². The molecule has 3 rings (SSSR count). The zero-order valence-electron chi connectivity index (χ0n) is 19.3. The Kier molecular flexibility index (Phi) is 10.8. The quantitative estimate of drug-likeness (QED) is 0.511. The van der Waals surface area contributed by atoms with Gasteiger partial charge in [0.05, 0.1) is 11.3 Å². The van der Waals surface area contributed by atoms with Crippen LogP contribution in [0.4, 0.5) is 18.9 Å². The van der Waals surface area contributed by atoms with E-state index in [4.69, 9.17) is 0 Å². The second kappa shape index (κ2) is 12.6. The molecule has 0 aromatic heterocycles. The van der Waals surface area contributed by atoms with Crippen LogP contribution in [0, 0.1) is 5.92 Å². The minimum atomic E-state index is -4.31. The summed E-state index contributed by atoms with van der Waals surface area (Å²) >= 11 is 0. The summed E-state index contributed by atoms with van der Waals surface area (Å²) in [6.45, 7) is 6.15. The summed E-state index contributed by atoms with van der Waals surface area (Å²) in [5.41, 5.74) is 0.0415. The maximum atomic E-state index is 13.0. The van der Waals surface area contributed by atoms with Gasteiger partial charge in [0.2, 0.25) is 10.0 Å². The summed E-state index contributed by atoms with van der Waals surface area (Å²) < 4.78 is 66.0. The molecule has 0 amide bonds. The van der Waals surface area contributed by atoms with Crippen molar-refractivity contribution in [1.29, 1.82) is 0 Å². The third-order valence-corrected chi connectivity index (χ3v) is 8.24. The predicted molar refractivity (Wildman–Crippen MR) is 130 cm³/mol. The number of nitrogens with one attached hydrogen (secondary N) is 1. The van der Waals surface area contributed by atoms with Crippen molar-refractivity contribution >= 4 is 28.1 Å². The lowest BCUT2D eigenvalue weighted by Crippen LogP contribution is -2.47. The molecule has 190 valence electrons. The van der Waals surface area contributed by atoms with Gasteiger partial charge in [0.15, 0.2) is 0 Å². The van der Waals surface area contributed by atoms with Gasteiger partial charge in [0.1, 0.15) is 0 Å². The molecule has 1 heterocycles. The summed E-state index contributed by atoms with van der Waals surface area (Å²) in [7, 11) is -3.15. The number of halogens is 4. The number of piperazine rings is 1. The summed E-state index contributed by atoms with van der Waals surface area (Å²) in [6.07, 6.45) is 2.26. The number of anilines is 1. The van der Waals surface area contributed by atoms with Gasteiger partial charge in [-0.25, -0.2) is 13.1 Å². The van der Waals surface area contributed by atoms with E-state index in [1.54, 1.807) is 6.07 Å². The third kappa shape index (κ3) is 8.92. The van der Waals surface area contributed by atoms with Crippen LogP contribution in [0.5, 0.6) is 0 Å².